The Balaban J connectivity index is 1.38. The maximum absolute atomic E-state index is 12.4. The highest BCUT2D eigenvalue weighted by Crippen LogP contribution is 2.31. The highest BCUT2D eigenvalue weighted by Gasteiger charge is 2.29. The van der Waals surface area contributed by atoms with E-state index >= 15 is 0 Å². The molecule has 1 saturated heterocycles. The number of carbonyl (C=O) groups excluding carboxylic acids is 1. The topological polar surface area (TPSA) is 63.7 Å². The van der Waals surface area contributed by atoms with Crippen molar-refractivity contribution in [3.8, 4) is 5.75 Å². The van der Waals surface area contributed by atoms with Crippen molar-refractivity contribution in [2.24, 2.45) is 0 Å². The number of hydrogen-bond acceptors (Lipinski definition) is 5. The van der Waals surface area contributed by atoms with Gasteiger partial charge in [0.1, 0.15) is 11.6 Å². The molecule has 25 heavy (non-hydrogen) atoms. The fourth-order valence-corrected chi connectivity index (χ4v) is 3.22. The molecule has 2 aromatic rings. The van der Waals surface area contributed by atoms with Crippen LogP contribution < -0.4 is 15.0 Å². The first-order chi connectivity index (χ1) is 12.2. The first-order valence-corrected chi connectivity index (χ1v) is 8.61. The lowest BCUT2D eigenvalue weighted by molar-refractivity contribution is -0.122. The molecule has 3 heterocycles. The van der Waals surface area contributed by atoms with Gasteiger partial charge in [-0.15, -0.1) is 0 Å². The van der Waals surface area contributed by atoms with Gasteiger partial charge in [-0.3, -0.25) is 4.79 Å². The maximum Gasteiger partial charge on any atom is 0.265 e. The molecule has 1 atom stereocenters. The zero-order valence-corrected chi connectivity index (χ0v) is 14.3. The number of nitrogens with one attached hydrogen (secondary N) is 1. The summed E-state index contributed by atoms with van der Waals surface area (Å²) in [7, 11) is 0. The minimum Gasteiger partial charge on any atom is -0.480 e. The fraction of sp³-hybridized carbons (Fsp3) is 0.333. The van der Waals surface area contributed by atoms with Crippen LogP contribution in [0.3, 0.4) is 0 Å². The van der Waals surface area contributed by atoms with Gasteiger partial charge in [0.2, 0.25) is 0 Å². The average molecular weight is 360 g/mol. The molecule has 1 aromatic carbocycles. The van der Waals surface area contributed by atoms with Gasteiger partial charge in [0.25, 0.3) is 5.91 Å². The van der Waals surface area contributed by atoms with Crippen LogP contribution in [-0.2, 0) is 16.0 Å². The normalized spacial score (nSPS) is 19.2. The minimum atomic E-state index is -0.549. The van der Waals surface area contributed by atoms with Gasteiger partial charge in [0.15, 0.2) is 6.10 Å². The first-order valence-electron chi connectivity index (χ1n) is 8.24. The number of amides is 1. The third kappa shape index (κ3) is 3.55. The van der Waals surface area contributed by atoms with E-state index in [0.29, 0.717) is 36.1 Å². The van der Waals surface area contributed by atoms with E-state index in [4.69, 9.17) is 21.1 Å². The molecule has 1 aromatic heterocycles. The van der Waals surface area contributed by atoms with Crippen LogP contribution >= 0.6 is 11.6 Å². The molecule has 130 valence electrons. The number of nitrogens with zero attached hydrogens (tertiary/aromatic N) is 2. The summed E-state index contributed by atoms with van der Waals surface area (Å²) in [5, 5.41) is 3.51. The molecule has 7 heteroatoms. The number of anilines is 2. The average Bonchev–Trinajstić information content (AvgIpc) is 3.06. The van der Waals surface area contributed by atoms with Gasteiger partial charge >= 0.3 is 0 Å². The molecular formula is C18H18ClN3O3. The summed E-state index contributed by atoms with van der Waals surface area (Å²) in [6.45, 7) is 3.08. The van der Waals surface area contributed by atoms with Crippen LogP contribution in [0.15, 0.2) is 36.5 Å². The van der Waals surface area contributed by atoms with Crippen LogP contribution in [-0.4, -0.2) is 43.3 Å². The third-order valence-corrected chi connectivity index (χ3v) is 4.58. The van der Waals surface area contributed by atoms with Crippen LogP contribution in [0.1, 0.15) is 5.56 Å². The molecule has 0 unspecified atom stereocenters. The zero-order chi connectivity index (χ0) is 17.2. The number of benzene rings is 1. The summed E-state index contributed by atoms with van der Waals surface area (Å²) >= 11 is 5.98. The van der Waals surface area contributed by atoms with Crippen LogP contribution in [0.4, 0.5) is 11.5 Å². The Morgan fingerprint density at radius 3 is 2.84 bits per heavy atom. The van der Waals surface area contributed by atoms with E-state index in [9.17, 15) is 4.79 Å². The van der Waals surface area contributed by atoms with E-state index in [1.54, 1.807) is 18.3 Å². The number of morpholine rings is 1. The number of aromatic nitrogens is 1. The number of carbonyl (C=O) groups is 1. The largest absolute Gasteiger partial charge is 0.480 e. The van der Waals surface area contributed by atoms with Gasteiger partial charge < -0.3 is 19.7 Å². The molecule has 2 aliphatic heterocycles. The second-order valence-electron chi connectivity index (χ2n) is 6.06. The van der Waals surface area contributed by atoms with Gasteiger partial charge in [-0.25, -0.2) is 4.98 Å². The highest BCUT2D eigenvalue weighted by atomic mass is 35.5. The Morgan fingerprint density at radius 1 is 1.24 bits per heavy atom. The van der Waals surface area contributed by atoms with Gasteiger partial charge in [-0.1, -0.05) is 11.6 Å². The van der Waals surface area contributed by atoms with Crippen molar-refractivity contribution in [1.29, 1.82) is 0 Å². The summed E-state index contributed by atoms with van der Waals surface area (Å²) in [6.07, 6.45) is 1.63. The van der Waals surface area contributed by atoms with Crippen molar-refractivity contribution in [3.63, 3.8) is 0 Å². The molecule has 1 N–H and O–H groups in total. The molecule has 0 bridgehead atoms. The van der Waals surface area contributed by atoms with Gasteiger partial charge in [0.05, 0.1) is 25.1 Å². The number of ether oxygens (including phenoxy) is 2. The van der Waals surface area contributed by atoms with Crippen LogP contribution in [0.5, 0.6) is 5.75 Å². The van der Waals surface area contributed by atoms with E-state index in [1.807, 2.05) is 18.2 Å². The quantitative estimate of drug-likeness (QED) is 0.912. The summed E-state index contributed by atoms with van der Waals surface area (Å²) in [6, 6.07) is 9.15. The molecule has 0 saturated carbocycles. The summed E-state index contributed by atoms with van der Waals surface area (Å²) in [5.41, 5.74) is 1.60. The Kier molecular flexibility index (Phi) is 4.46. The molecular weight excluding hydrogens is 342 g/mol. The van der Waals surface area contributed by atoms with Crippen LogP contribution in [0, 0.1) is 0 Å². The Bertz CT molecular complexity index is 776. The van der Waals surface area contributed by atoms with Crippen LogP contribution in [0.2, 0.25) is 5.02 Å². The van der Waals surface area contributed by atoms with Crippen molar-refractivity contribution in [3.05, 3.63) is 47.1 Å². The molecule has 0 spiro atoms. The fourth-order valence-electron chi connectivity index (χ4n) is 3.03. The summed E-state index contributed by atoms with van der Waals surface area (Å²) < 4.78 is 11.0. The van der Waals surface area contributed by atoms with E-state index in [1.165, 1.54) is 0 Å². The van der Waals surface area contributed by atoms with Gasteiger partial charge in [-0.2, -0.15) is 0 Å². The highest BCUT2D eigenvalue weighted by molar-refractivity contribution is 6.30. The van der Waals surface area contributed by atoms with E-state index in [2.05, 4.69) is 15.2 Å². The zero-order valence-electron chi connectivity index (χ0n) is 13.6. The first kappa shape index (κ1) is 16.2. The van der Waals surface area contributed by atoms with Crippen molar-refractivity contribution in [2.45, 2.75) is 12.5 Å². The maximum atomic E-state index is 12.4. The number of rotatable bonds is 3. The minimum absolute atomic E-state index is 0.187. The van der Waals surface area contributed by atoms with Gasteiger partial charge in [0, 0.05) is 24.5 Å². The number of pyridine rings is 1. The lowest BCUT2D eigenvalue weighted by Crippen LogP contribution is -2.36. The van der Waals surface area contributed by atoms with E-state index in [-0.39, 0.29) is 5.91 Å². The molecule has 1 fully saturated rings. The standard InChI is InChI=1S/C18H18ClN3O3/c19-13-1-3-15-12(9-13)10-16(25-15)18(23)21-14-2-4-17(20-11-14)22-5-7-24-8-6-22/h1-4,9,11,16H,5-8,10H2,(H,21,23)/t16-/m1/s1. The molecule has 4 rings (SSSR count). The van der Waals surface area contributed by atoms with Crippen molar-refractivity contribution < 1.29 is 14.3 Å². The Hall–Kier alpha value is -2.31. The second-order valence-corrected chi connectivity index (χ2v) is 6.49. The lowest BCUT2D eigenvalue weighted by atomic mass is 10.1. The monoisotopic (exact) mass is 359 g/mol. The molecule has 2 aliphatic rings. The van der Waals surface area contributed by atoms with Gasteiger partial charge in [-0.05, 0) is 35.9 Å². The van der Waals surface area contributed by atoms with Crippen molar-refractivity contribution in [2.75, 3.05) is 36.5 Å². The summed E-state index contributed by atoms with van der Waals surface area (Å²) in [5.74, 6) is 1.42. The lowest BCUT2D eigenvalue weighted by Gasteiger charge is -2.27. The SMILES string of the molecule is O=C(Nc1ccc(N2CCOCC2)nc1)[C@H]1Cc2cc(Cl)ccc2O1. The Morgan fingerprint density at radius 2 is 2.08 bits per heavy atom. The van der Waals surface area contributed by atoms with E-state index < -0.39 is 6.10 Å². The summed E-state index contributed by atoms with van der Waals surface area (Å²) in [4.78, 5) is 19.0. The predicted molar refractivity (Wildman–Crippen MR) is 95.5 cm³/mol. The number of hydrogen-bond donors (Lipinski definition) is 1. The molecule has 1 amide bonds. The molecule has 6 nitrogen and oxygen atoms in total. The van der Waals surface area contributed by atoms with Crippen molar-refractivity contribution in [1.82, 2.24) is 4.98 Å². The van der Waals surface area contributed by atoms with Crippen LogP contribution in [0.25, 0.3) is 0 Å². The number of fused-ring (bicyclic) bond motifs is 1. The third-order valence-electron chi connectivity index (χ3n) is 4.34. The van der Waals surface area contributed by atoms with Crippen molar-refractivity contribution >= 4 is 29.0 Å². The second kappa shape index (κ2) is 6.90. The Labute approximate surface area is 150 Å². The molecule has 0 aliphatic carbocycles. The smallest absolute Gasteiger partial charge is 0.265 e. The van der Waals surface area contributed by atoms with E-state index in [0.717, 1.165) is 24.5 Å². The molecule has 0 radical (unpaired) electrons. The number of halogens is 1. The predicted octanol–water partition coefficient (Wildman–Crippen LogP) is 2.51.